The number of ether oxygens (including phenoxy) is 2. The van der Waals surface area contributed by atoms with Gasteiger partial charge in [-0.25, -0.2) is 0 Å². The van der Waals surface area contributed by atoms with Crippen LogP contribution in [0.1, 0.15) is 16.7 Å². The van der Waals surface area contributed by atoms with Crippen molar-refractivity contribution in [3.05, 3.63) is 93.5 Å². The van der Waals surface area contributed by atoms with Crippen molar-refractivity contribution in [3.63, 3.8) is 0 Å². The van der Waals surface area contributed by atoms with Crippen LogP contribution in [0.4, 0.5) is 11.4 Å². The Morgan fingerprint density at radius 2 is 1.75 bits per heavy atom. The quantitative estimate of drug-likeness (QED) is 0.321. The van der Waals surface area contributed by atoms with Crippen molar-refractivity contribution in [2.75, 3.05) is 7.11 Å². The van der Waals surface area contributed by atoms with Crippen LogP contribution in [-0.4, -0.2) is 18.2 Å². The van der Waals surface area contributed by atoms with E-state index >= 15 is 0 Å². The van der Waals surface area contributed by atoms with E-state index in [1.165, 1.54) is 19.4 Å². The van der Waals surface area contributed by atoms with Crippen molar-refractivity contribution in [2.45, 2.75) is 13.5 Å². The highest BCUT2D eigenvalue weighted by molar-refractivity contribution is 5.88. The molecule has 0 amide bonds. The number of aryl methyl sites for hydroxylation is 1. The Bertz CT molecular complexity index is 983. The second-order valence-electron chi connectivity index (χ2n) is 6.19. The van der Waals surface area contributed by atoms with Gasteiger partial charge in [-0.05, 0) is 30.7 Å². The molecule has 0 N–H and O–H groups in total. The molecule has 0 spiro atoms. The van der Waals surface area contributed by atoms with Crippen molar-refractivity contribution >= 4 is 17.6 Å². The summed E-state index contributed by atoms with van der Waals surface area (Å²) in [6, 6.07) is 20.2. The lowest BCUT2D eigenvalue weighted by Crippen LogP contribution is -2.01. The van der Waals surface area contributed by atoms with Gasteiger partial charge in [0.05, 0.1) is 29.4 Å². The van der Waals surface area contributed by atoms with Crippen LogP contribution in [0.5, 0.6) is 11.5 Å². The van der Waals surface area contributed by atoms with E-state index in [2.05, 4.69) is 4.99 Å². The molecule has 28 heavy (non-hydrogen) atoms. The first-order valence-electron chi connectivity index (χ1n) is 8.70. The lowest BCUT2D eigenvalue weighted by atomic mass is 10.1. The highest BCUT2D eigenvalue weighted by Crippen LogP contribution is 2.34. The Hall–Kier alpha value is -3.67. The molecule has 0 heterocycles. The van der Waals surface area contributed by atoms with E-state index in [0.717, 1.165) is 11.1 Å². The fourth-order valence-electron chi connectivity index (χ4n) is 2.61. The second kappa shape index (κ2) is 8.81. The number of nitrogens with zero attached hydrogens (tertiary/aromatic N) is 2. The fourth-order valence-corrected chi connectivity index (χ4v) is 2.61. The number of hydrogen-bond acceptors (Lipinski definition) is 5. The highest BCUT2D eigenvalue weighted by atomic mass is 16.6. The molecule has 0 bridgehead atoms. The average molecular weight is 376 g/mol. The summed E-state index contributed by atoms with van der Waals surface area (Å²) in [6.07, 6.45) is 1.47. The van der Waals surface area contributed by atoms with Crippen LogP contribution in [0.3, 0.4) is 0 Å². The van der Waals surface area contributed by atoms with Crippen LogP contribution in [0.2, 0.25) is 0 Å². The third kappa shape index (κ3) is 4.73. The second-order valence-corrected chi connectivity index (χ2v) is 6.19. The predicted molar refractivity (Wildman–Crippen MR) is 109 cm³/mol. The maximum absolute atomic E-state index is 11.5. The number of rotatable bonds is 7. The van der Waals surface area contributed by atoms with Crippen molar-refractivity contribution in [3.8, 4) is 11.5 Å². The van der Waals surface area contributed by atoms with Crippen molar-refractivity contribution in [1.82, 2.24) is 0 Å². The highest BCUT2D eigenvalue weighted by Gasteiger charge is 2.19. The van der Waals surface area contributed by atoms with Gasteiger partial charge in [-0.3, -0.25) is 15.1 Å². The van der Waals surface area contributed by atoms with Gasteiger partial charge in [-0.15, -0.1) is 0 Å². The van der Waals surface area contributed by atoms with Gasteiger partial charge in [0.25, 0.3) is 5.69 Å². The van der Waals surface area contributed by atoms with Crippen LogP contribution >= 0.6 is 0 Å². The van der Waals surface area contributed by atoms with Gasteiger partial charge in [-0.1, -0.05) is 48.0 Å². The van der Waals surface area contributed by atoms with Gasteiger partial charge in [0.15, 0.2) is 11.5 Å². The number of nitro benzene ring substituents is 1. The first kappa shape index (κ1) is 19.1. The topological polar surface area (TPSA) is 74.0 Å². The molecule has 0 atom stereocenters. The molecule has 6 heteroatoms. The zero-order valence-electron chi connectivity index (χ0n) is 15.7. The van der Waals surface area contributed by atoms with Crippen LogP contribution < -0.4 is 9.47 Å². The lowest BCUT2D eigenvalue weighted by Gasteiger charge is -2.12. The van der Waals surface area contributed by atoms with Crippen molar-refractivity contribution in [2.24, 2.45) is 4.99 Å². The van der Waals surface area contributed by atoms with Crippen molar-refractivity contribution in [1.29, 1.82) is 0 Å². The first-order chi connectivity index (χ1) is 13.6. The van der Waals surface area contributed by atoms with E-state index in [1.807, 2.05) is 61.5 Å². The molecule has 0 radical (unpaired) electrons. The molecule has 0 aliphatic rings. The van der Waals surface area contributed by atoms with Crippen LogP contribution in [0.15, 0.2) is 71.7 Å². The lowest BCUT2D eigenvalue weighted by molar-refractivity contribution is -0.385. The third-order valence-electron chi connectivity index (χ3n) is 4.13. The minimum atomic E-state index is -0.458. The molecule has 3 aromatic carbocycles. The van der Waals surface area contributed by atoms with Crippen LogP contribution in [0.25, 0.3) is 0 Å². The van der Waals surface area contributed by atoms with Crippen LogP contribution in [0, 0.1) is 17.0 Å². The van der Waals surface area contributed by atoms with Gasteiger partial charge in [0.2, 0.25) is 0 Å². The van der Waals surface area contributed by atoms with E-state index < -0.39 is 4.92 Å². The minimum absolute atomic E-state index is 0.0974. The SMILES string of the molecule is COc1cc([N+](=O)[O-])c(C=Nc2ccc(C)cc2)cc1OCc1ccccc1. The monoisotopic (exact) mass is 376 g/mol. The summed E-state index contributed by atoms with van der Waals surface area (Å²) in [7, 11) is 1.45. The van der Waals surface area contributed by atoms with E-state index in [1.54, 1.807) is 6.07 Å². The maximum Gasteiger partial charge on any atom is 0.282 e. The van der Waals surface area contributed by atoms with E-state index in [0.29, 0.717) is 29.4 Å². The summed E-state index contributed by atoms with van der Waals surface area (Å²) in [4.78, 5) is 15.4. The normalized spacial score (nSPS) is 10.8. The molecular weight excluding hydrogens is 356 g/mol. The fraction of sp³-hybridized carbons (Fsp3) is 0.136. The molecule has 142 valence electrons. The van der Waals surface area contributed by atoms with Gasteiger partial charge in [0.1, 0.15) is 6.61 Å². The van der Waals surface area contributed by atoms with E-state index in [9.17, 15) is 10.1 Å². The first-order valence-corrected chi connectivity index (χ1v) is 8.70. The molecule has 6 nitrogen and oxygen atoms in total. The molecule has 0 saturated heterocycles. The van der Waals surface area contributed by atoms with E-state index in [-0.39, 0.29) is 5.69 Å². The molecule has 0 aliphatic carbocycles. The average Bonchev–Trinajstić information content (AvgIpc) is 2.72. The molecule has 0 unspecified atom stereocenters. The minimum Gasteiger partial charge on any atom is -0.493 e. The summed E-state index contributed by atoms with van der Waals surface area (Å²) in [5.74, 6) is 0.720. The molecule has 0 aliphatic heterocycles. The number of nitro groups is 1. The smallest absolute Gasteiger partial charge is 0.282 e. The van der Waals surface area contributed by atoms with Gasteiger partial charge >= 0.3 is 0 Å². The number of hydrogen-bond donors (Lipinski definition) is 0. The number of methoxy groups -OCH3 is 1. The van der Waals surface area contributed by atoms with E-state index in [4.69, 9.17) is 9.47 Å². The zero-order chi connectivity index (χ0) is 19.9. The molecule has 0 fully saturated rings. The Balaban J connectivity index is 1.92. The largest absolute Gasteiger partial charge is 0.493 e. The predicted octanol–water partition coefficient (Wildman–Crippen LogP) is 5.24. The summed E-state index contributed by atoms with van der Waals surface area (Å²) >= 11 is 0. The summed E-state index contributed by atoms with van der Waals surface area (Å²) in [5.41, 5.74) is 3.06. The number of benzene rings is 3. The summed E-state index contributed by atoms with van der Waals surface area (Å²) in [5, 5.41) is 11.5. The number of aliphatic imine (C=N–C) groups is 1. The molecule has 0 aromatic heterocycles. The third-order valence-corrected chi connectivity index (χ3v) is 4.13. The Morgan fingerprint density at radius 1 is 1.04 bits per heavy atom. The molecule has 3 rings (SSSR count). The maximum atomic E-state index is 11.5. The molecule has 0 saturated carbocycles. The zero-order valence-corrected chi connectivity index (χ0v) is 15.7. The standard InChI is InChI=1S/C22H20N2O4/c1-16-8-10-19(11-9-16)23-14-18-12-22(21(27-2)13-20(18)24(25)26)28-15-17-6-4-3-5-7-17/h3-14H,15H2,1-2H3. The van der Waals surface area contributed by atoms with Gasteiger partial charge in [0, 0.05) is 6.21 Å². The van der Waals surface area contributed by atoms with Crippen molar-refractivity contribution < 1.29 is 14.4 Å². The summed E-state index contributed by atoms with van der Waals surface area (Å²) in [6.45, 7) is 2.31. The molecular formula is C22H20N2O4. The van der Waals surface area contributed by atoms with Gasteiger partial charge in [-0.2, -0.15) is 0 Å². The Morgan fingerprint density at radius 3 is 2.39 bits per heavy atom. The van der Waals surface area contributed by atoms with Gasteiger partial charge < -0.3 is 9.47 Å². The van der Waals surface area contributed by atoms with Crippen LogP contribution in [-0.2, 0) is 6.61 Å². The Kier molecular flexibility index (Phi) is 6.01. The summed E-state index contributed by atoms with van der Waals surface area (Å²) < 4.78 is 11.1. The molecule has 3 aromatic rings. The Labute approximate surface area is 163 Å².